The molecule has 0 atom stereocenters. The van der Waals surface area contributed by atoms with E-state index >= 15 is 0 Å². The Morgan fingerprint density at radius 1 is 1.33 bits per heavy atom. The highest BCUT2D eigenvalue weighted by atomic mass is 16.2. The fourth-order valence-corrected chi connectivity index (χ4v) is 1.95. The minimum atomic E-state index is -0.0979. The first-order valence-electron chi connectivity index (χ1n) is 6.79. The molecule has 2 rings (SSSR count). The fourth-order valence-electron chi connectivity index (χ4n) is 1.95. The van der Waals surface area contributed by atoms with Crippen molar-refractivity contribution in [2.45, 2.75) is 13.0 Å². The number of carbonyl (C=O) groups excluding carboxylic acids is 1. The molecule has 108 valence electrons. The second-order valence-corrected chi connectivity index (χ2v) is 4.66. The Bertz CT molecular complexity index is 677. The van der Waals surface area contributed by atoms with Crippen molar-refractivity contribution in [2.24, 2.45) is 7.05 Å². The monoisotopic (exact) mass is 282 g/mol. The summed E-state index contributed by atoms with van der Waals surface area (Å²) in [6.07, 6.45) is 2.31. The SMILES string of the molecule is Cn1cccc1C(=O)NCc1cccc(C#CCCO)c1. The minimum Gasteiger partial charge on any atom is -0.395 e. The number of aromatic nitrogens is 1. The molecule has 2 N–H and O–H groups in total. The first-order valence-corrected chi connectivity index (χ1v) is 6.79. The van der Waals surface area contributed by atoms with E-state index in [0.29, 0.717) is 18.7 Å². The van der Waals surface area contributed by atoms with Gasteiger partial charge < -0.3 is 15.0 Å². The van der Waals surface area contributed by atoms with Gasteiger partial charge in [-0.15, -0.1) is 0 Å². The van der Waals surface area contributed by atoms with Gasteiger partial charge in [0.1, 0.15) is 5.69 Å². The van der Waals surface area contributed by atoms with Crippen molar-refractivity contribution in [1.29, 1.82) is 0 Å². The van der Waals surface area contributed by atoms with E-state index in [1.165, 1.54) is 0 Å². The molecule has 0 saturated carbocycles. The van der Waals surface area contributed by atoms with Crippen LogP contribution in [0.1, 0.15) is 28.0 Å². The summed E-state index contributed by atoms with van der Waals surface area (Å²) in [6, 6.07) is 11.3. The maximum Gasteiger partial charge on any atom is 0.268 e. The third kappa shape index (κ3) is 4.23. The number of aliphatic hydroxyl groups is 1. The summed E-state index contributed by atoms with van der Waals surface area (Å²) in [5.74, 6) is 5.77. The van der Waals surface area contributed by atoms with Crippen LogP contribution in [-0.4, -0.2) is 22.2 Å². The lowest BCUT2D eigenvalue weighted by atomic mass is 10.1. The van der Waals surface area contributed by atoms with Crippen LogP contribution in [0.4, 0.5) is 0 Å². The molecule has 0 bridgehead atoms. The second-order valence-electron chi connectivity index (χ2n) is 4.66. The Labute approximate surface area is 124 Å². The summed E-state index contributed by atoms with van der Waals surface area (Å²) >= 11 is 0. The summed E-state index contributed by atoms with van der Waals surface area (Å²) in [7, 11) is 1.84. The normalized spacial score (nSPS) is 9.81. The molecule has 2 aromatic rings. The van der Waals surface area contributed by atoms with Crippen LogP contribution in [0, 0.1) is 11.8 Å². The highest BCUT2D eigenvalue weighted by Gasteiger charge is 2.07. The number of nitrogens with zero attached hydrogens (tertiary/aromatic N) is 1. The zero-order valence-corrected chi connectivity index (χ0v) is 12.0. The maximum absolute atomic E-state index is 12.0. The quantitative estimate of drug-likeness (QED) is 0.839. The molecule has 1 aromatic heterocycles. The van der Waals surface area contributed by atoms with Crippen LogP contribution in [-0.2, 0) is 13.6 Å². The Morgan fingerprint density at radius 3 is 2.90 bits per heavy atom. The standard InChI is InChI=1S/C17H18N2O2/c1-19-10-5-9-16(19)17(21)18-13-15-8-4-7-14(12-15)6-2-3-11-20/h4-5,7-10,12,20H,3,11,13H2,1H3,(H,18,21). The zero-order chi connectivity index (χ0) is 15.1. The van der Waals surface area contributed by atoms with E-state index in [1.54, 1.807) is 10.6 Å². The molecule has 0 unspecified atom stereocenters. The number of benzene rings is 1. The third-order valence-electron chi connectivity index (χ3n) is 3.03. The van der Waals surface area contributed by atoms with Gasteiger partial charge in [-0.1, -0.05) is 24.0 Å². The highest BCUT2D eigenvalue weighted by molar-refractivity contribution is 5.92. The molecule has 1 amide bonds. The van der Waals surface area contributed by atoms with Gasteiger partial charge >= 0.3 is 0 Å². The molecule has 0 aliphatic carbocycles. The number of hydrogen-bond acceptors (Lipinski definition) is 2. The summed E-state index contributed by atoms with van der Waals surface area (Å²) in [5.41, 5.74) is 2.51. The van der Waals surface area contributed by atoms with E-state index in [-0.39, 0.29) is 12.5 Å². The number of amides is 1. The molecule has 0 radical (unpaired) electrons. The molecule has 0 saturated heterocycles. The van der Waals surface area contributed by atoms with E-state index in [9.17, 15) is 4.79 Å². The van der Waals surface area contributed by atoms with Crippen molar-refractivity contribution in [1.82, 2.24) is 9.88 Å². The highest BCUT2D eigenvalue weighted by Crippen LogP contribution is 2.05. The Balaban J connectivity index is 1.98. The van der Waals surface area contributed by atoms with Crippen molar-refractivity contribution >= 4 is 5.91 Å². The lowest BCUT2D eigenvalue weighted by Gasteiger charge is -2.06. The van der Waals surface area contributed by atoms with E-state index < -0.39 is 0 Å². The van der Waals surface area contributed by atoms with Crippen molar-refractivity contribution in [3.8, 4) is 11.8 Å². The lowest BCUT2D eigenvalue weighted by molar-refractivity contribution is 0.0943. The van der Waals surface area contributed by atoms with Crippen molar-refractivity contribution < 1.29 is 9.90 Å². The molecule has 0 aliphatic heterocycles. The summed E-state index contributed by atoms with van der Waals surface area (Å²) < 4.78 is 1.78. The molecule has 1 heterocycles. The van der Waals surface area contributed by atoms with Crippen LogP contribution in [0.3, 0.4) is 0 Å². The van der Waals surface area contributed by atoms with E-state index in [1.807, 2.05) is 43.6 Å². The van der Waals surface area contributed by atoms with Crippen LogP contribution in [0.15, 0.2) is 42.6 Å². The van der Waals surface area contributed by atoms with Gasteiger partial charge in [0.2, 0.25) is 0 Å². The molecule has 4 heteroatoms. The zero-order valence-electron chi connectivity index (χ0n) is 12.0. The number of rotatable bonds is 4. The van der Waals surface area contributed by atoms with Crippen LogP contribution in [0.2, 0.25) is 0 Å². The number of nitrogens with one attached hydrogen (secondary N) is 1. The van der Waals surface area contributed by atoms with Gasteiger partial charge in [-0.3, -0.25) is 4.79 Å². The molecule has 0 fully saturated rings. The van der Waals surface area contributed by atoms with Gasteiger partial charge in [0.05, 0.1) is 6.61 Å². The number of aliphatic hydroxyl groups excluding tert-OH is 1. The average molecular weight is 282 g/mol. The number of aryl methyl sites for hydroxylation is 1. The number of carbonyl (C=O) groups is 1. The summed E-state index contributed by atoms with van der Waals surface area (Å²) in [5, 5.41) is 11.6. The lowest BCUT2D eigenvalue weighted by Crippen LogP contribution is -2.24. The minimum absolute atomic E-state index is 0.0689. The molecule has 0 spiro atoms. The molecule has 1 aromatic carbocycles. The molecule has 21 heavy (non-hydrogen) atoms. The first kappa shape index (κ1) is 14.9. The average Bonchev–Trinajstić information content (AvgIpc) is 2.92. The van der Waals surface area contributed by atoms with Crippen LogP contribution in [0.5, 0.6) is 0 Å². The molecular formula is C17H18N2O2. The maximum atomic E-state index is 12.0. The van der Waals surface area contributed by atoms with Gasteiger partial charge in [-0.25, -0.2) is 0 Å². The summed E-state index contributed by atoms with van der Waals surface area (Å²) in [4.78, 5) is 12.0. The van der Waals surface area contributed by atoms with Crippen LogP contribution >= 0.6 is 0 Å². The Hall–Kier alpha value is -2.51. The molecule has 4 nitrogen and oxygen atoms in total. The van der Waals surface area contributed by atoms with Crippen molar-refractivity contribution in [3.63, 3.8) is 0 Å². The van der Waals surface area contributed by atoms with Gasteiger partial charge in [-0.2, -0.15) is 0 Å². The van der Waals surface area contributed by atoms with Gasteiger partial charge in [0.25, 0.3) is 5.91 Å². The van der Waals surface area contributed by atoms with Gasteiger partial charge in [-0.05, 0) is 29.8 Å². The topological polar surface area (TPSA) is 54.3 Å². The van der Waals surface area contributed by atoms with E-state index in [2.05, 4.69) is 17.2 Å². The fraction of sp³-hybridized carbons (Fsp3) is 0.235. The second kappa shape index (κ2) is 7.32. The number of hydrogen-bond donors (Lipinski definition) is 2. The Kier molecular flexibility index (Phi) is 5.19. The summed E-state index contributed by atoms with van der Waals surface area (Å²) in [6.45, 7) is 0.527. The predicted molar refractivity (Wildman–Crippen MR) is 81.6 cm³/mol. The molecule has 0 aliphatic rings. The molecular weight excluding hydrogens is 264 g/mol. The smallest absolute Gasteiger partial charge is 0.268 e. The van der Waals surface area contributed by atoms with Crippen LogP contribution < -0.4 is 5.32 Å². The van der Waals surface area contributed by atoms with E-state index in [4.69, 9.17) is 5.11 Å². The Morgan fingerprint density at radius 2 is 2.19 bits per heavy atom. The third-order valence-corrected chi connectivity index (χ3v) is 3.03. The van der Waals surface area contributed by atoms with Gasteiger partial charge in [0, 0.05) is 31.8 Å². The van der Waals surface area contributed by atoms with E-state index in [0.717, 1.165) is 11.1 Å². The van der Waals surface area contributed by atoms with Crippen molar-refractivity contribution in [3.05, 3.63) is 59.4 Å². The van der Waals surface area contributed by atoms with Gasteiger partial charge in [0.15, 0.2) is 0 Å². The van der Waals surface area contributed by atoms with Crippen LogP contribution in [0.25, 0.3) is 0 Å². The first-order chi connectivity index (χ1) is 10.2. The predicted octanol–water partition coefficient (Wildman–Crippen LogP) is 1.69. The van der Waals surface area contributed by atoms with Crippen molar-refractivity contribution in [2.75, 3.05) is 6.61 Å². The largest absolute Gasteiger partial charge is 0.395 e.